The largest absolute Gasteiger partial charge is 0.489 e. The summed E-state index contributed by atoms with van der Waals surface area (Å²) in [6.07, 6.45) is 2.55. The predicted octanol–water partition coefficient (Wildman–Crippen LogP) is 4.82. The fourth-order valence-corrected chi connectivity index (χ4v) is 2.61. The van der Waals surface area contributed by atoms with Crippen molar-refractivity contribution in [3.63, 3.8) is 0 Å². The number of rotatable bonds is 7. The second-order valence-electron chi connectivity index (χ2n) is 6.56. The predicted molar refractivity (Wildman–Crippen MR) is 111 cm³/mol. The highest BCUT2D eigenvalue weighted by Gasteiger charge is 2.11. The minimum absolute atomic E-state index is 0.0417. The van der Waals surface area contributed by atoms with E-state index in [1.807, 2.05) is 62.4 Å². The number of aryl methyl sites for hydroxylation is 1. The summed E-state index contributed by atoms with van der Waals surface area (Å²) >= 11 is 0. The van der Waals surface area contributed by atoms with Gasteiger partial charge in [0.2, 0.25) is 5.95 Å². The third-order valence-electron chi connectivity index (χ3n) is 4.00. The van der Waals surface area contributed by atoms with Gasteiger partial charge in [0.15, 0.2) is 0 Å². The van der Waals surface area contributed by atoms with Crippen molar-refractivity contribution in [1.82, 2.24) is 9.97 Å². The molecule has 3 aromatic rings. The minimum Gasteiger partial charge on any atom is -0.489 e. The fourth-order valence-electron chi connectivity index (χ4n) is 2.61. The number of anilines is 3. The molecule has 6 nitrogen and oxygen atoms in total. The van der Waals surface area contributed by atoms with Crippen LogP contribution in [-0.4, -0.2) is 22.0 Å². The minimum atomic E-state index is -0.290. The highest BCUT2D eigenvalue weighted by Crippen LogP contribution is 2.27. The van der Waals surface area contributed by atoms with Crippen LogP contribution in [0.2, 0.25) is 0 Å². The molecule has 0 bridgehead atoms. The quantitative estimate of drug-likeness (QED) is 0.618. The number of amides is 1. The SMILES string of the molecule is CCc1ccc(NC(=O)c2ccnc(Nc3ccccc3OC(C)C)n2)cc1. The molecule has 0 aliphatic rings. The van der Waals surface area contributed by atoms with Crippen molar-refractivity contribution in [2.24, 2.45) is 0 Å². The maximum absolute atomic E-state index is 12.5. The van der Waals surface area contributed by atoms with Gasteiger partial charge in [-0.1, -0.05) is 31.2 Å². The van der Waals surface area contributed by atoms with E-state index in [2.05, 4.69) is 27.5 Å². The molecule has 144 valence electrons. The zero-order valence-electron chi connectivity index (χ0n) is 16.3. The molecule has 0 saturated carbocycles. The molecule has 6 heteroatoms. The van der Waals surface area contributed by atoms with Crippen molar-refractivity contribution in [2.75, 3.05) is 10.6 Å². The maximum Gasteiger partial charge on any atom is 0.274 e. The Labute approximate surface area is 165 Å². The molecule has 0 saturated heterocycles. The molecule has 0 aliphatic heterocycles. The molecule has 2 N–H and O–H groups in total. The maximum atomic E-state index is 12.5. The van der Waals surface area contributed by atoms with E-state index < -0.39 is 0 Å². The number of carbonyl (C=O) groups excluding carboxylic acids is 1. The molecule has 28 heavy (non-hydrogen) atoms. The molecule has 1 aromatic heterocycles. The van der Waals surface area contributed by atoms with E-state index in [9.17, 15) is 4.79 Å². The lowest BCUT2D eigenvalue weighted by atomic mass is 10.1. The molecule has 3 rings (SSSR count). The number of hydrogen-bond acceptors (Lipinski definition) is 5. The van der Waals surface area contributed by atoms with Crippen LogP contribution in [0.5, 0.6) is 5.75 Å². The van der Waals surface area contributed by atoms with Gasteiger partial charge in [0, 0.05) is 11.9 Å². The van der Waals surface area contributed by atoms with Gasteiger partial charge in [-0.3, -0.25) is 4.79 Å². The molecule has 0 fully saturated rings. The van der Waals surface area contributed by atoms with E-state index in [1.165, 1.54) is 5.56 Å². The highest BCUT2D eigenvalue weighted by molar-refractivity contribution is 6.03. The number of hydrogen-bond donors (Lipinski definition) is 2. The van der Waals surface area contributed by atoms with Crippen LogP contribution in [0.4, 0.5) is 17.3 Å². The number of nitrogens with zero attached hydrogens (tertiary/aromatic N) is 2. The fraction of sp³-hybridized carbons (Fsp3) is 0.227. The Hall–Kier alpha value is -3.41. The van der Waals surface area contributed by atoms with Crippen molar-refractivity contribution >= 4 is 23.2 Å². The van der Waals surface area contributed by atoms with Gasteiger partial charge in [0.05, 0.1) is 11.8 Å². The van der Waals surface area contributed by atoms with Crippen molar-refractivity contribution in [1.29, 1.82) is 0 Å². The van der Waals surface area contributed by atoms with Crippen LogP contribution in [0.25, 0.3) is 0 Å². The van der Waals surface area contributed by atoms with E-state index in [0.29, 0.717) is 11.7 Å². The van der Waals surface area contributed by atoms with Crippen LogP contribution < -0.4 is 15.4 Å². The number of nitrogens with one attached hydrogen (secondary N) is 2. The lowest BCUT2D eigenvalue weighted by Gasteiger charge is -2.14. The van der Waals surface area contributed by atoms with E-state index in [1.54, 1.807) is 12.3 Å². The molecule has 0 radical (unpaired) electrons. The second-order valence-corrected chi connectivity index (χ2v) is 6.56. The number of aromatic nitrogens is 2. The van der Waals surface area contributed by atoms with E-state index >= 15 is 0 Å². The van der Waals surface area contributed by atoms with Crippen LogP contribution in [0.3, 0.4) is 0 Å². The van der Waals surface area contributed by atoms with Crippen molar-refractivity contribution in [3.8, 4) is 5.75 Å². The number of carbonyl (C=O) groups is 1. The third kappa shape index (κ3) is 5.07. The number of ether oxygens (including phenoxy) is 1. The van der Waals surface area contributed by atoms with Gasteiger partial charge in [-0.25, -0.2) is 9.97 Å². The Kier molecular flexibility index (Phi) is 6.22. The highest BCUT2D eigenvalue weighted by atomic mass is 16.5. The molecule has 0 aliphatic carbocycles. The van der Waals surface area contributed by atoms with Crippen molar-refractivity contribution in [3.05, 3.63) is 72.1 Å². The number of benzene rings is 2. The Balaban J connectivity index is 1.74. The first kappa shape index (κ1) is 19.4. The zero-order chi connectivity index (χ0) is 19.9. The van der Waals surface area contributed by atoms with Gasteiger partial charge in [-0.15, -0.1) is 0 Å². The number of para-hydroxylation sites is 2. The molecule has 0 atom stereocenters. The Morgan fingerprint density at radius 2 is 1.82 bits per heavy atom. The van der Waals surface area contributed by atoms with Gasteiger partial charge in [0.1, 0.15) is 11.4 Å². The Morgan fingerprint density at radius 1 is 1.07 bits per heavy atom. The summed E-state index contributed by atoms with van der Waals surface area (Å²) < 4.78 is 5.80. The molecule has 1 heterocycles. The smallest absolute Gasteiger partial charge is 0.274 e. The summed E-state index contributed by atoms with van der Waals surface area (Å²) in [4.78, 5) is 21.1. The molecule has 0 spiro atoms. The molecule has 2 aromatic carbocycles. The lowest BCUT2D eigenvalue weighted by Crippen LogP contribution is -2.15. The van der Waals surface area contributed by atoms with Gasteiger partial charge >= 0.3 is 0 Å². The summed E-state index contributed by atoms with van der Waals surface area (Å²) in [6, 6.07) is 16.9. The first-order valence-corrected chi connectivity index (χ1v) is 9.31. The lowest BCUT2D eigenvalue weighted by molar-refractivity contribution is 0.102. The summed E-state index contributed by atoms with van der Waals surface area (Å²) in [6.45, 7) is 6.02. The van der Waals surface area contributed by atoms with E-state index in [0.717, 1.165) is 17.8 Å². The second kappa shape index (κ2) is 8.99. The first-order valence-electron chi connectivity index (χ1n) is 9.31. The average Bonchev–Trinajstić information content (AvgIpc) is 2.70. The van der Waals surface area contributed by atoms with Crippen LogP contribution in [-0.2, 0) is 6.42 Å². The van der Waals surface area contributed by atoms with Gasteiger partial charge in [-0.05, 0) is 56.2 Å². The Morgan fingerprint density at radius 3 is 2.54 bits per heavy atom. The van der Waals surface area contributed by atoms with Crippen LogP contribution >= 0.6 is 0 Å². The molecule has 0 unspecified atom stereocenters. The van der Waals surface area contributed by atoms with Crippen LogP contribution in [0, 0.1) is 0 Å². The van der Waals surface area contributed by atoms with Crippen LogP contribution in [0.15, 0.2) is 60.8 Å². The summed E-state index contributed by atoms with van der Waals surface area (Å²) in [7, 11) is 0. The normalized spacial score (nSPS) is 10.6. The third-order valence-corrected chi connectivity index (χ3v) is 4.00. The van der Waals surface area contributed by atoms with Gasteiger partial charge in [0.25, 0.3) is 5.91 Å². The first-order chi connectivity index (χ1) is 13.5. The summed E-state index contributed by atoms with van der Waals surface area (Å²) in [5.41, 5.74) is 2.96. The standard InChI is InChI=1S/C22H24N4O2/c1-4-16-9-11-17(12-10-16)24-21(27)19-13-14-23-22(26-19)25-18-7-5-6-8-20(18)28-15(2)3/h5-15H,4H2,1-3H3,(H,24,27)(H,23,25,26). The van der Waals surface area contributed by atoms with E-state index in [-0.39, 0.29) is 17.7 Å². The van der Waals surface area contributed by atoms with E-state index in [4.69, 9.17) is 4.74 Å². The molecule has 1 amide bonds. The average molecular weight is 376 g/mol. The molecular formula is C22H24N4O2. The van der Waals surface area contributed by atoms with Crippen LogP contribution in [0.1, 0.15) is 36.8 Å². The monoisotopic (exact) mass is 376 g/mol. The molecular weight excluding hydrogens is 352 g/mol. The summed E-state index contributed by atoms with van der Waals surface area (Å²) in [5.74, 6) is 0.738. The van der Waals surface area contributed by atoms with Crippen molar-refractivity contribution in [2.45, 2.75) is 33.3 Å². The Bertz CT molecular complexity index is 939. The van der Waals surface area contributed by atoms with Gasteiger partial charge in [-0.2, -0.15) is 0 Å². The topological polar surface area (TPSA) is 76.1 Å². The zero-order valence-corrected chi connectivity index (χ0v) is 16.3. The van der Waals surface area contributed by atoms with Gasteiger partial charge < -0.3 is 15.4 Å². The van der Waals surface area contributed by atoms with Crippen molar-refractivity contribution < 1.29 is 9.53 Å². The summed E-state index contributed by atoms with van der Waals surface area (Å²) in [5, 5.41) is 5.98.